The second kappa shape index (κ2) is 8.41. The molecule has 0 unspecified atom stereocenters. The van der Waals surface area contributed by atoms with E-state index in [1.807, 2.05) is 56.3 Å². The maximum absolute atomic E-state index is 6.12. The molecule has 8 heteroatoms. The zero-order valence-corrected chi connectivity index (χ0v) is 18.9. The number of pyridine rings is 1. The van der Waals surface area contributed by atoms with Gasteiger partial charge in [0, 0.05) is 39.8 Å². The summed E-state index contributed by atoms with van der Waals surface area (Å²) in [4.78, 5) is 13.0. The topological polar surface area (TPSA) is 94.5 Å². The molecule has 33 heavy (non-hydrogen) atoms. The molecule has 0 radical (unpaired) electrons. The molecule has 0 atom stereocenters. The zero-order valence-electron chi connectivity index (χ0n) is 18.1. The fraction of sp³-hybridized carbons (Fsp3) is 0.120. The summed E-state index contributed by atoms with van der Waals surface area (Å²) in [5.74, 6) is 7.65. The number of rotatable bonds is 3. The largest absolute Gasteiger partial charge is 0.383 e. The molecule has 7 nitrogen and oxygen atoms in total. The highest BCUT2D eigenvalue weighted by Gasteiger charge is 2.13. The summed E-state index contributed by atoms with van der Waals surface area (Å²) in [6, 6.07) is 13.6. The molecule has 3 N–H and O–H groups in total. The van der Waals surface area contributed by atoms with Crippen LogP contribution in [0.25, 0.3) is 21.8 Å². The standard InChI is InChI=1S/C25H20ClN7/c1-3-33-25-22(23(27)29-14-30-25)21(32-33)11-10-18-15(2)4-9-20-19(18)12-13-28-24(20)31-17-7-5-16(26)6-8-17/h4-9,12-14H,3H2,1-2H3,(H,28,31)(H2,27,29,30). The maximum Gasteiger partial charge on any atom is 0.164 e. The number of hydrogen-bond donors (Lipinski definition) is 2. The van der Waals surface area contributed by atoms with Crippen molar-refractivity contribution in [3.8, 4) is 11.8 Å². The average molecular weight is 454 g/mol. The number of nitrogens with one attached hydrogen (secondary N) is 1. The Morgan fingerprint density at radius 1 is 1.00 bits per heavy atom. The first-order valence-corrected chi connectivity index (χ1v) is 10.8. The molecule has 0 fully saturated rings. The second-order valence-electron chi connectivity index (χ2n) is 7.52. The Morgan fingerprint density at radius 3 is 2.61 bits per heavy atom. The molecule has 0 bridgehead atoms. The molecule has 162 valence electrons. The number of anilines is 3. The minimum Gasteiger partial charge on any atom is -0.383 e. The first-order valence-electron chi connectivity index (χ1n) is 10.4. The van der Waals surface area contributed by atoms with Crippen LogP contribution in [-0.2, 0) is 6.54 Å². The fourth-order valence-electron chi connectivity index (χ4n) is 3.76. The Labute approximate surface area is 195 Å². The lowest BCUT2D eigenvalue weighted by atomic mass is 10.0. The van der Waals surface area contributed by atoms with Crippen LogP contribution in [0.5, 0.6) is 0 Å². The third-order valence-electron chi connectivity index (χ3n) is 5.42. The van der Waals surface area contributed by atoms with E-state index in [9.17, 15) is 0 Å². The summed E-state index contributed by atoms with van der Waals surface area (Å²) >= 11 is 6.01. The van der Waals surface area contributed by atoms with Gasteiger partial charge in [-0.25, -0.2) is 19.6 Å². The molecule has 2 aromatic carbocycles. The van der Waals surface area contributed by atoms with Gasteiger partial charge in [-0.05, 0) is 55.7 Å². The molecule has 0 aliphatic heterocycles. The van der Waals surface area contributed by atoms with Gasteiger partial charge in [0.1, 0.15) is 23.7 Å². The fourth-order valence-corrected chi connectivity index (χ4v) is 3.89. The van der Waals surface area contributed by atoms with Gasteiger partial charge in [-0.2, -0.15) is 5.10 Å². The molecule has 0 saturated carbocycles. The number of nitrogen functional groups attached to an aromatic ring is 1. The Bertz CT molecular complexity index is 1560. The molecule has 3 heterocycles. The molecule has 0 amide bonds. The van der Waals surface area contributed by atoms with Gasteiger partial charge in [-0.1, -0.05) is 29.7 Å². The van der Waals surface area contributed by atoms with E-state index < -0.39 is 0 Å². The lowest BCUT2D eigenvalue weighted by molar-refractivity contribution is 0.673. The van der Waals surface area contributed by atoms with Crippen LogP contribution in [0.2, 0.25) is 5.02 Å². The first kappa shape index (κ1) is 20.7. The highest BCUT2D eigenvalue weighted by Crippen LogP contribution is 2.29. The normalized spacial score (nSPS) is 10.9. The lowest BCUT2D eigenvalue weighted by Crippen LogP contribution is -1.98. The number of benzene rings is 2. The molecule has 0 saturated heterocycles. The molecule has 5 rings (SSSR count). The summed E-state index contributed by atoms with van der Waals surface area (Å²) in [6.07, 6.45) is 3.22. The van der Waals surface area contributed by atoms with E-state index in [-0.39, 0.29) is 0 Å². The van der Waals surface area contributed by atoms with Crippen LogP contribution in [0, 0.1) is 18.8 Å². The van der Waals surface area contributed by atoms with Crippen LogP contribution < -0.4 is 11.1 Å². The Morgan fingerprint density at radius 2 is 1.82 bits per heavy atom. The highest BCUT2D eigenvalue weighted by atomic mass is 35.5. The third kappa shape index (κ3) is 3.81. The van der Waals surface area contributed by atoms with Gasteiger partial charge in [-0.3, -0.25) is 0 Å². The SMILES string of the molecule is CCn1nc(C#Cc2c(C)ccc3c(Nc4ccc(Cl)cc4)nccc23)c2c(N)ncnc21. The Kier molecular flexibility index (Phi) is 5.29. The summed E-state index contributed by atoms with van der Waals surface area (Å²) in [6.45, 7) is 4.70. The van der Waals surface area contributed by atoms with Crippen LogP contribution in [0.15, 0.2) is 55.0 Å². The monoisotopic (exact) mass is 453 g/mol. The van der Waals surface area contributed by atoms with Crippen LogP contribution in [0.4, 0.5) is 17.3 Å². The van der Waals surface area contributed by atoms with Crippen LogP contribution in [-0.4, -0.2) is 24.7 Å². The number of fused-ring (bicyclic) bond motifs is 2. The van der Waals surface area contributed by atoms with E-state index in [2.05, 4.69) is 37.2 Å². The molecule has 0 aliphatic rings. The second-order valence-corrected chi connectivity index (χ2v) is 7.95. The Balaban J connectivity index is 1.62. The smallest absolute Gasteiger partial charge is 0.164 e. The predicted molar refractivity (Wildman–Crippen MR) is 133 cm³/mol. The van der Waals surface area contributed by atoms with Crippen molar-refractivity contribution in [1.82, 2.24) is 24.7 Å². The van der Waals surface area contributed by atoms with E-state index in [1.54, 1.807) is 10.9 Å². The number of halogens is 1. The Hall–Kier alpha value is -4.15. The first-order chi connectivity index (χ1) is 16.0. The zero-order chi connectivity index (χ0) is 22.9. The summed E-state index contributed by atoms with van der Waals surface area (Å²) in [5, 5.41) is 11.3. The van der Waals surface area contributed by atoms with Gasteiger partial charge in [0.15, 0.2) is 5.65 Å². The van der Waals surface area contributed by atoms with Crippen molar-refractivity contribution in [2.45, 2.75) is 20.4 Å². The van der Waals surface area contributed by atoms with Crippen LogP contribution in [0.3, 0.4) is 0 Å². The molecule has 0 aliphatic carbocycles. The molecule has 5 aromatic rings. The van der Waals surface area contributed by atoms with Gasteiger partial charge >= 0.3 is 0 Å². The van der Waals surface area contributed by atoms with Crippen LogP contribution in [0.1, 0.15) is 23.7 Å². The molecule has 0 spiro atoms. The van der Waals surface area contributed by atoms with Crippen molar-refractivity contribution >= 4 is 50.7 Å². The highest BCUT2D eigenvalue weighted by molar-refractivity contribution is 6.30. The third-order valence-corrected chi connectivity index (χ3v) is 5.68. The van der Waals surface area contributed by atoms with Crippen molar-refractivity contribution in [2.75, 3.05) is 11.1 Å². The quantitative estimate of drug-likeness (QED) is 0.370. The van der Waals surface area contributed by atoms with E-state index >= 15 is 0 Å². The maximum atomic E-state index is 6.12. The number of aromatic nitrogens is 5. The number of nitrogens with two attached hydrogens (primary N) is 1. The lowest BCUT2D eigenvalue weighted by Gasteiger charge is -2.11. The average Bonchev–Trinajstić information content (AvgIpc) is 3.19. The van der Waals surface area contributed by atoms with Gasteiger partial charge in [-0.15, -0.1) is 0 Å². The van der Waals surface area contributed by atoms with E-state index in [0.29, 0.717) is 34.1 Å². The summed E-state index contributed by atoms with van der Waals surface area (Å²) in [5.41, 5.74) is 10.2. The molecular weight excluding hydrogens is 434 g/mol. The number of hydrogen-bond acceptors (Lipinski definition) is 6. The molecular formula is C25H20ClN7. The van der Waals surface area contributed by atoms with Gasteiger partial charge in [0.2, 0.25) is 0 Å². The van der Waals surface area contributed by atoms with E-state index in [4.69, 9.17) is 17.3 Å². The van der Waals surface area contributed by atoms with Crippen molar-refractivity contribution in [3.63, 3.8) is 0 Å². The van der Waals surface area contributed by atoms with Crippen molar-refractivity contribution in [1.29, 1.82) is 0 Å². The van der Waals surface area contributed by atoms with Crippen LogP contribution >= 0.6 is 11.6 Å². The minimum absolute atomic E-state index is 0.372. The summed E-state index contributed by atoms with van der Waals surface area (Å²) < 4.78 is 1.78. The van der Waals surface area contributed by atoms with E-state index in [1.165, 1.54) is 6.33 Å². The van der Waals surface area contributed by atoms with E-state index in [0.717, 1.165) is 33.4 Å². The number of aryl methyl sites for hydroxylation is 2. The summed E-state index contributed by atoms with van der Waals surface area (Å²) in [7, 11) is 0. The molecule has 3 aromatic heterocycles. The minimum atomic E-state index is 0.372. The number of nitrogens with zero attached hydrogens (tertiary/aromatic N) is 5. The van der Waals surface area contributed by atoms with Gasteiger partial charge in [0.05, 0.1) is 5.39 Å². The van der Waals surface area contributed by atoms with Gasteiger partial charge in [0.25, 0.3) is 0 Å². The van der Waals surface area contributed by atoms with Crippen molar-refractivity contribution < 1.29 is 0 Å². The van der Waals surface area contributed by atoms with Crippen molar-refractivity contribution in [3.05, 3.63) is 76.8 Å². The predicted octanol–water partition coefficient (Wildman–Crippen LogP) is 5.08. The van der Waals surface area contributed by atoms with Crippen molar-refractivity contribution in [2.24, 2.45) is 0 Å². The van der Waals surface area contributed by atoms with Gasteiger partial charge < -0.3 is 11.1 Å².